The van der Waals surface area contributed by atoms with Crippen molar-refractivity contribution in [2.24, 2.45) is 5.92 Å². The number of aliphatic hydroxyl groups is 1. The third kappa shape index (κ3) is 5.02. The third-order valence-corrected chi connectivity index (χ3v) is 3.57. The van der Waals surface area contributed by atoms with Gasteiger partial charge >= 0.3 is 0 Å². The van der Waals surface area contributed by atoms with Gasteiger partial charge in [-0.3, -0.25) is 0 Å². The molecule has 0 amide bonds. The van der Waals surface area contributed by atoms with Crippen LogP contribution in [0.5, 0.6) is 0 Å². The Balaban J connectivity index is 2.60. The third-order valence-electron chi connectivity index (χ3n) is 3.57. The van der Waals surface area contributed by atoms with E-state index in [9.17, 15) is 5.11 Å². The van der Waals surface area contributed by atoms with Crippen molar-refractivity contribution >= 4 is 0 Å². The van der Waals surface area contributed by atoms with Crippen LogP contribution in [0.25, 0.3) is 0 Å². The number of nitrogens with zero attached hydrogens (tertiary/aromatic N) is 2. The molecule has 3 heteroatoms. The molecule has 0 aliphatic rings. The molecule has 0 fully saturated rings. The van der Waals surface area contributed by atoms with Crippen molar-refractivity contribution in [2.75, 3.05) is 19.6 Å². The Labute approximate surface area is 116 Å². The van der Waals surface area contributed by atoms with Crippen LogP contribution in [0, 0.1) is 17.2 Å². The van der Waals surface area contributed by atoms with Gasteiger partial charge in [0.15, 0.2) is 0 Å². The van der Waals surface area contributed by atoms with Crippen molar-refractivity contribution in [1.29, 1.82) is 5.26 Å². The molecular formula is C16H24N2O. The maximum atomic E-state index is 10.2. The van der Waals surface area contributed by atoms with Gasteiger partial charge in [-0.2, -0.15) is 5.26 Å². The Bertz CT molecular complexity index is 408. The average Bonchev–Trinajstić information content (AvgIpc) is 2.46. The summed E-state index contributed by atoms with van der Waals surface area (Å²) in [5, 5.41) is 19.0. The summed E-state index contributed by atoms with van der Waals surface area (Å²) in [5.41, 5.74) is 1.50. The van der Waals surface area contributed by atoms with Crippen molar-refractivity contribution in [2.45, 2.75) is 33.3 Å². The molecule has 0 aliphatic carbocycles. The zero-order valence-corrected chi connectivity index (χ0v) is 12.1. The fraction of sp³-hybridized carbons (Fsp3) is 0.562. The summed E-state index contributed by atoms with van der Waals surface area (Å²) in [7, 11) is 0. The second kappa shape index (κ2) is 7.93. The van der Waals surface area contributed by atoms with Crippen LogP contribution < -0.4 is 0 Å². The van der Waals surface area contributed by atoms with Crippen molar-refractivity contribution < 1.29 is 5.11 Å². The van der Waals surface area contributed by atoms with Gasteiger partial charge in [0.1, 0.15) is 0 Å². The summed E-state index contributed by atoms with van der Waals surface area (Å²) in [6, 6.07) is 9.26. The van der Waals surface area contributed by atoms with E-state index in [1.165, 1.54) is 0 Å². The van der Waals surface area contributed by atoms with Gasteiger partial charge < -0.3 is 10.0 Å². The zero-order chi connectivity index (χ0) is 14.3. The number of hydrogen-bond acceptors (Lipinski definition) is 3. The van der Waals surface area contributed by atoms with Crippen molar-refractivity contribution in [1.82, 2.24) is 4.90 Å². The number of hydrogen-bond donors (Lipinski definition) is 1. The number of nitriles is 1. The first-order valence-corrected chi connectivity index (χ1v) is 7.01. The van der Waals surface area contributed by atoms with Crippen molar-refractivity contribution in [3.05, 3.63) is 35.4 Å². The van der Waals surface area contributed by atoms with Crippen LogP contribution in [0.15, 0.2) is 24.3 Å². The zero-order valence-electron chi connectivity index (χ0n) is 12.1. The highest BCUT2D eigenvalue weighted by molar-refractivity contribution is 5.32. The number of aliphatic hydroxyl groups excluding tert-OH is 1. The Morgan fingerprint density at radius 1 is 1.21 bits per heavy atom. The SMILES string of the molecule is CCC(C)CN(CC)CC(O)c1ccc(C#N)cc1. The minimum atomic E-state index is -0.489. The molecule has 0 saturated carbocycles. The van der Waals surface area contributed by atoms with Crippen LogP contribution in [0.3, 0.4) is 0 Å². The van der Waals surface area contributed by atoms with Crippen molar-refractivity contribution in [3.63, 3.8) is 0 Å². The number of benzene rings is 1. The first-order chi connectivity index (χ1) is 9.10. The van der Waals surface area contributed by atoms with Gasteiger partial charge in [-0.1, -0.05) is 39.3 Å². The molecule has 1 rings (SSSR count). The first kappa shape index (κ1) is 15.7. The summed E-state index contributed by atoms with van der Waals surface area (Å²) in [6.07, 6.45) is 0.667. The lowest BCUT2D eigenvalue weighted by molar-refractivity contribution is 0.107. The van der Waals surface area contributed by atoms with Gasteiger partial charge in [-0.15, -0.1) is 0 Å². The van der Waals surface area contributed by atoms with E-state index in [1.807, 2.05) is 12.1 Å². The summed E-state index contributed by atoms with van der Waals surface area (Å²) >= 11 is 0. The van der Waals surface area contributed by atoms with Crippen LogP contribution in [0.2, 0.25) is 0 Å². The smallest absolute Gasteiger partial charge is 0.0991 e. The van der Waals surface area contributed by atoms with Gasteiger partial charge in [-0.25, -0.2) is 0 Å². The van der Waals surface area contributed by atoms with Gasteiger partial charge in [0.05, 0.1) is 17.7 Å². The second-order valence-electron chi connectivity index (χ2n) is 5.12. The quantitative estimate of drug-likeness (QED) is 0.820. The Hall–Kier alpha value is -1.37. The van der Waals surface area contributed by atoms with Gasteiger partial charge in [-0.05, 0) is 30.2 Å². The highest BCUT2D eigenvalue weighted by atomic mass is 16.3. The van der Waals surface area contributed by atoms with Gasteiger partial charge in [0, 0.05) is 13.1 Å². The van der Waals surface area contributed by atoms with Crippen LogP contribution in [0.4, 0.5) is 0 Å². The maximum Gasteiger partial charge on any atom is 0.0991 e. The summed E-state index contributed by atoms with van der Waals surface area (Å²) in [4.78, 5) is 2.27. The van der Waals surface area contributed by atoms with Crippen LogP contribution in [-0.2, 0) is 0 Å². The fourth-order valence-corrected chi connectivity index (χ4v) is 2.03. The molecule has 2 atom stereocenters. The monoisotopic (exact) mass is 260 g/mol. The van der Waals surface area contributed by atoms with E-state index < -0.39 is 6.10 Å². The fourth-order valence-electron chi connectivity index (χ4n) is 2.03. The topological polar surface area (TPSA) is 47.3 Å². The van der Waals surface area contributed by atoms with Crippen LogP contribution in [0.1, 0.15) is 44.4 Å². The lowest BCUT2D eigenvalue weighted by atomic mass is 10.1. The molecule has 0 heterocycles. The standard InChI is InChI=1S/C16H24N2O/c1-4-13(3)11-18(5-2)12-16(19)15-8-6-14(10-17)7-9-15/h6-9,13,16,19H,4-5,11-12H2,1-3H3. The number of rotatable bonds is 7. The number of likely N-dealkylation sites (N-methyl/N-ethyl adjacent to an activating group) is 1. The molecule has 0 spiro atoms. The van der Waals surface area contributed by atoms with Crippen molar-refractivity contribution in [3.8, 4) is 6.07 Å². The molecular weight excluding hydrogens is 236 g/mol. The molecule has 19 heavy (non-hydrogen) atoms. The minimum Gasteiger partial charge on any atom is -0.387 e. The Morgan fingerprint density at radius 2 is 1.84 bits per heavy atom. The Morgan fingerprint density at radius 3 is 2.32 bits per heavy atom. The highest BCUT2D eigenvalue weighted by Gasteiger charge is 2.14. The lowest BCUT2D eigenvalue weighted by Gasteiger charge is -2.26. The van der Waals surface area contributed by atoms with E-state index in [-0.39, 0.29) is 0 Å². The van der Waals surface area contributed by atoms with Gasteiger partial charge in [0.2, 0.25) is 0 Å². The van der Waals surface area contributed by atoms with Gasteiger partial charge in [0.25, 0.3) is 0 Å². The maximum absolute atomic E-state index is 10.2. The van der Waals surface area contributed by atoms with E-state index in [1.54, 1.807) is 12.1 Å². The predicted octanol–water partition coefficient (Wildman–Crippen LogP) is 2.96. The molecule has 0 aromatic heterocycles. The molecule has 0 bridgehead atoms. The van der Waals surface area contributed by atoms with E-state index in [0.717, 1.165) is 25.1 Å². The summed E-state index contributed by atoms with van der Waals surface area (Å²) in [5.74, 6) is 0.646. The molecule has 0 radical (unpaired) electrons. The predicted molar refractivity (Wildman–Crippen MR) is 77.7 cm³/mol. The molecule has 1 N–H and O–H groups in total. The normalized spacial score (nSPS) is 14.1. The van der Waals surface area contributed by atoms with E-state index in [2.05, 4.69) is 31.7 Å². The van der Waals surface area contributed by atoms with E-state index >= 15 is 0 Å². The lowest BCUT2D eigenvalue weighted by Crippen LogP contribution is -2.32. The first-order valence-electron chi connectivity index (χ1n) is 7.01. The summed E-state index contributed by atoms with van der Waals surface area (Å²) in [6.45, 7) is 9.14. The largest absolute Gasteiger partial charge is 0.387 e. The Kier molecular flexibility index (Phi) is 6.55. The molecule has 104 valence electrons. The minimum absolute atomic E-state index is 0.489. The summed E-state index contributed by atoms with van der Waals surface area (Å²) < 4.78 is 0. The molecule has 0 aliphatic heterocycles. The molecule has 2 unspecified atom stereocenters. The van der Waals surface area contributed by atoms with E-state index in [0.29, 0.717) is 18.0 Å². The second-order valence-corrected chi connectivity index (χ2v) is 5.12. The van der Waals surface area contributed by atoms with E-state index in [4.69, 9.17) is 5.26 Å². The molecule has 1 aromatic carbocycles. The average molecular weight is 260 g/mol. The van der Waals surface area contributed by atoms with Crippen LogP contribution >= 0.6 is 0 Å². The van der Waals surface area contributed by atoms with Crippen LogP contribution in [-0.4, -0.2) is 29.6 Å². The molecule has 0 saturated heterocycles. The highest BCUT2D eigenvalue weighted by Crippen LogP contribution is 2.16. The molecule has 3 nitrogen and oxygen atoms in total. The molecule has 1 aromatic rings.